The maximum Gasteiger partial charge on any atom is 0.352 e. The van der Waals surface area contributed by atoms with Crippen molar-refractivity contribution in [3.8, 4) is 11.3 Å². The molecule has 2 aliphatic heterocycles. The van der Waals surface area contributed by atoms with E-state index in [2.05, 4.69) is 11.0 Å². The molecule has 238 valence electrons. The molecule has 3 heterocycles. The van der Waals surface area contributed by atoms with Crippen LogP contribution >= 0.6 is 11.6 Å². The average Bonchev–Trinajstić information content (AvgIpc) is 2.96. The number of aromatic nitrogens is 1. The minimum atomic E-state index is -4.44. The van der Waals surface area contributed by atoms with Crippen molar-refractivity contribution in [1.29, 1.82) is 0 Å². The number of amides is 1. The SMILES string of the molecule is C=CC(=O)N1CC(C)N(C2=NS(=O)(=O)N(c3ccccc3C(C)(C)C)c3nc(-c4ccccc4S(C)(=O)=O)c(Cl)cc32)CC1C. The Bertz CT molecular complexity index is 1950. The normalized spacial score (nSPS) is 20.0. The molecule has 0 aliphatic carbocycles. The molecule has 2 atom stereocenters. The average molecular weight is 670 g/mol. The largest absolute Gasteiger partial charge is 0.352 e. The Balaban J connectivity index is 1.80. The van der Waals surface area contributed by atoms with Crippen LogP contribution in [0.25, 0.3) is 11.3 Å². The van der Waals surface area contributed by atoms with E-state index in [1.807, 2.05) is 51.7 Å². The smallest absolute Gasteiger partial charge is 0.349 e. The van der Waals surface area contributed by atoms with Crippen LogP contribution in [0.5, 0.6) is 0 Å². The van der Waals surface area contributed by atoms with Gasteiger partial charge in [0.2, 0.25) is 5.91 Å². The monoisotopic (exact) mass is 669 g/mol. The summed E-state index contributed by atoms with van der Waals surface area (Å²) in [4.78, 5) is 20.9. The summed E-state index contributed by atoms with van der Waals surface area (Å²) in [5.74, 6) is -0.0165. The van der Waals surface area contributed by atoms with Gasteiger partial charge in [-0.25, -0.2) is 17.7 Å². The van der Waals surface area contributed by atoms with Crippen molar-refractivity contribution >= 4 is 54.9 Å². The van der Waals surface area contributed by atoms with Gasteiger partial charge >= 0.3 is 10.2 Å². The van der Waals surface area contributed by atoms with E-state index < -0.39 is 25.5 Å². The van der Waals surface area contributed by atoms with E-state index in [-0.39, 0.29) is 50.8 Å². The minimum Gasteiger partial charge on any atom is -0.349 e. The summed E-state index contributed by atoms with van der Waals surface area (Å²) < 4.78 is 59.6. The number of hydrogen-bond donors (Lipinski definition) is 0. The third kappa shape index (κ3) is 5.98. The molecule has 10 nitrogen and oxygen atoms in total. The van der Waals surface area contributed by atoms with Crippen LogP contribution in [0.15, 0.2) is 76.5 Å². The lowest BCUT2D eigenvalue weighted by Crippen LogP contribution is -2.60. The van der Waals surface area contributed by atoms with Crippen molar-refractivity contribution in [2.45, 2.75) is 57.0 Å². The summed E-state index contributed by atoms with van der Waals surface area (Å²) in [5, 5.41) is 0.127. The maximum atomic E-state index is 14.3. The molecule has 1 amide bonds. The molecule has 0 bridgehead atoms. The molecule has 3 aromatic rings. The first-order chi connectivity index (χ1) is 21.0. The van der Waals surface area contributed by atoms with E-state index in [1.165, 1.54) is 12.1 Å². The molecule has 2 aromatic carbocycles. The standard InChI is InChI=1S/C32H36ClN5O5S2/c1-8-28(39)36-18-21(3)37(19-20(36)2)31-23-17-25(33)29(22-13-9-12-16-27(22)44(7,40)41)34-30(23)38(45(42,43)35-31)26-15-11-10-14-24(26)32(4,5)6/h8-17,20-21H,1,18-19H2,2-7H3. The van der Waals surface area contributed by atoms with Crippen molar-refractivity contribution in [3.05, 3.63) is 83.4 Å². The maximum absolute atomic E-state index is 14.3. The van der Waals surface area contributed by atoms with E-state index in [4.69, 9.17) is 16.6 Å². The molecule has 2 unspecified atom stereocenters. The second-order valence-corrected chi connectivity index (χ2v) is 16.3. The first-order valence-electron chi connectivity index (χ1n) is 14.4. The number of rotatable bonds is 4. The summed E-state index contributed by atoms with van der Waals surface area (Å²) in [7, 11) is -8.13. The van der Waals surface area contributed by atoms with Crippen molar-refractivity contribution in [1.82, 2.24) is 14.8 Å². The molecule has 45 heavy (non-hydrogen) atoms. The fourth-order valence-corrected chi connectivity index (χ4v) is 8.27. The van der Waals surface area contributed by atoms with Crippen LogP contribution in [0, 0.1) is 0 Å². The van der Waals surface area contributed by atoms with E-state index in [1.54, 1.807) is 41.3 Å². The Morgan fingerprint density at radius 3 is 2.31 bits per heavy atom. The number of piperazine rings is 1. The highest BCUT2D eigenvalue weighted by atomic mass is 35.5. The number of halogens is 1. The summed E-state index contributed by atoms with van der Waals surface area (Å²) in [6, 6.07) is 14.5. The lowest BCUT2D eigenvalue weighted by atomic mass is 9.86. The number of carbonyl (C=O) groups excluding carboxylic acids is 1. The Morgan fingerprint density at radius 2 is 1.67 bits per heavy atom. The molecule has 1 saturated heterocycles. The van der Waals surface area contributed by atoms with Gasteiger partial charge in [-0.3, -0.25) is 4.79 Å². The highest BCUT2D eigenvalue weighted by Crippen LogP contribution is 2.44. The van der Waals surface area contributed by atoms with Gasteiger partial charge in [0.1, 0.15) is 0 Å². The highest BCUT2D eigenvalue weighted by molar-refractivity contribution is 7.92. The van der Waals surface area contributed by atoms with Crippen LogP contribution in [-0.4, -0.2) is 74.8 Å². The number of hydrogen-bond acceptors (Lipinski definition) is 7. The first-order valence-corrected chi connectivity index (χ1v) is 18.1. The third-order valence-corrected chi connectivity index (χ3v) is 10.7. The fraction of sp³-hybridized carbons (Fsp3) is 0.344. The lowest BCUT2D eigenvalue weighted by Gasteiger charge is -2.46. The zero-order chi connectivity index (χ0) is 33.1. The predicted octanol–water partition coefficient (Wildman–Crippen LogP) is 5.35. The number of nitrogens with zero attached hydrogens (tertiary/aromatic N) is 5. The van der Waals surface area contributed by atoms with E-state index in [0.29, 0.717) is 24.3 Å². The first kappa shape index (κ1) is 32.6. The molecule has 1 fully saturated rings. The number of carbonyl (C=O) groups is 1. The molecule has 5 rings (SSSR count). The van der Waals surface area contributed by atoms with Gasteiger partial charge in [0.05, 0.1) is 26.9 Å². The number of para-hydroxylation sites is 1. The van der Waals surface area contributed by atoms with Crippen molar-refractivity contribution in [2.75, 3.05) is 23.7 Å². The molecular weight excluding hydrogens is 634 g/mol. The second kappa shape index (κ2) is 11.6. The Labute approximate surface area is 270 Å². The number of anilines is 2. The van der Waals surface area contributed by atoms with Gasteiger partial charge < -0.3 is 9.80 Å². The third-order valence-electron chi connectivity index (χ3n) is 8.01. The summed E-state index contributed by atoms with van der Waals surface area (Å²) in [6.45, 7) is 13.9. The zero-order valence-corrected chi connectivity index (χ0v) is 28.4. The number of amidine groups is 1. The Kier molecular flexibility index (Phi) is 8.39. The van der Waals surface area contributed by atoms with Gasteiger partial charge in [0.25, 0.3) is 0 Å². The predicted molar refractivity (Wildman–Crippen MR) is 178 cm³/mol. The number of benzene rings is 2. The number of pyridine rings is 1. The molecule has 13 heteroatoms. The van der Waals surface area contributed by atoms with Crippen LogP contribution in [-0.2, 0) is 30.3 Å². The molecular formula is C32H36ClN5O5S2. The summed E-state index contributed by atoms with van der Waals surface area (Å²) in [6.07, 6.45) is 2.36. The van der Waals surface area contributed by atoms with Gasteiger partial charge in [-0.1, -0.05) is 75.3 Å². The van der Waals surface area contributed by atoms with Gasteiger partial charge in [-0.05, 0) is 49.1 Å². The van der Waals surface area contributed by atoms with Crippen molar-refractivity contribution in [3.63, 3.8) is 0 Å². The quantitative estimate of drug-likeness (QED) is 0.343. The molecule has 0 saturated carbocycles. The van der Waals surface area contributed by atoms with Gasteiger partial charge in [0.15, 0.2) is 21.5 Å². The minimum absolute atomic E-state index is 0.0130. The van der Waals surface area contributed by atoms with E-state index >= 15 is 0 Å². The van der Waals surface area contributed by atoms with Crippen molar-refractivity contribution < 1.29 is 21.6 Å². The lowest BCUT2D eigenvalue weighted by molar-refractivity contribution is -0.130. The van der Waals surface area contributed by atoms with Crippen LogP contribution in [0.1, 0.15) is 45.7 Å². The molecule has 1 aromatic heterocycles. The molecule has 0 spiro atoms. The molecule has 0 N–H and O–H groups in total. The molecule has 0 radical (unpaired) electrons. The van der Waals surface area contributed by atoms with Gasteiger partial charge in [0, 0.05) is 37.0 Å². The molecule has 2 aliphatic rings. The second-order valence-electron chi connectivity index (χ2n) is 12.4. The van der Waals surface area contributed by atoms with Crippen LogP contribution < -0.4 is 4.31 Å². The fourth-order valence-electron chi connectivity index (χ4n) is 5.86. The highest BCUT2D eigenvalue weighted by Gasteiger charge is 2.42. The van der Waals surface area contributed by atoms with Gasteiger partial charge in [-0.15, -0.1) is 4.40 Å². The van der Waals surface area contributed by atoms with Crippen LogP contribution in [0.3, 0.4) is 0 Å². The van der Waals surface area contributed by atoms with Crippen molar-refractivity contribution in [2.24, 2.45) is 4.40 Å². The number of fused-ring (bicyclic) bond motifs is 1. The van der Waals surface area contributed by atoms with Gasteiger partial charge in [-0.2, -0.15) is 8.42 Å². The van der Waals surface area contributed by atoms with Crippen LogP contribution in [0.4, 0.5) is 11.5 Å². The van der Waals surface area contributed by atoms with E-state index in [9.17, 15) is 21.6 Å². The summed E-state index contributed by atoms with van der Waals surface area (Å²) in [5.41, 5.74) is 1.39. The Morgan fingerprint density at radius 1 is 1.02 bits per heavy atom. The van der Waals surface area contributed by atoms with Crippen LogP contribution in [0.2, 0.25) is 5.02 Å². The van der Waals surface area contributed by atoms with E-state index in [0.717, 1.165) is 16.1 Å². The zero-order valence-electron chi connectivity index (χ0n) is 26.0. The number of sulfone groups is 1. The summed E-state index contributed by atoms with van der Waals surface area (Å²) >= 11 is 6.88. The topological polar surface area (TPSA) is 120 Å². The Hall–Kier alpha value is -3.74.